The first kappa shape index (κ1) is 13.9. The Morgan fingerprint density at radius 3 is 2.58 bits per heavy atom. The van der Waals surface area contributed by atoms with E-state index in [0.29, 0.717) is 10.0 Å². The highest BCUT2D eigenvalue weighted by molar-refractivity contribution is 9.10. The van der Waals surface area contributed by atoms with Crippen molar-refractivity contribution >= 4 is 21.6 Å². The van der Waals surface area contributed by atoms with Gasteiger partial charge in [-0.2, -0.15) is 0 Å². The van der Waals surface area contributed by atoms with E-state index in [1.54, 1.807) is 12.1 Å². The van der Waals surface area contributed by atoms with Crippen molar-refractivity contribution in [2.45, 2.75) is 19.9 Å². The predicted molar refractivity (Wildman–Crippen MR) is 79.0 cm³/mol. The fraction of sp³-hybridized carbons (Fsp3) is 0.200. The van der Waals surface area contributed by atoms with Gasteiger partial charge in [0.15, 0.2) is 0 Å². The van der Waals surface area contributed by atoms with Crippen LogP contribution in [0.15, 0.2) is 40.9 Å². The molecule has 0 amide bonds. The number of halogens is 2. The van der Waals surface area contributed by atoms with Crippen molar-refractivity contribution < 1.29 is 9.50 Å². The molecule has 19 heavy (non-hydrogen) atoms. The lowest BCUT2D eigenvalue weighted by Gasteiger charge is -2.17. The Labute approximate surface area is 120 Å². The second kappa shape index (κ2) is 5.61. The Morgan fingerprint density at radius 2 is 1.95 bits per heavy atom. The molecule has 2 aromatic carbocycles. The fourth-order valence-corrected chi connectivity index (χ4v) is 2.21. The summed E-state index contributed by atoms with van der Waals surface area (Å²) < 4.78 is 14.5. The summed E-state index contributed by atoms with van der Waals surface area (Å²) in [6.07, 6.45) is 0. The van der Waals surface area contributed by atoms with E-state index < -0.39 is 0 Å². The number of phenols is 1. The molecule has 0 saturated heterocycles. The average Bonchev–Trinajstić information content (AvgIpc) is 2.33. The van der Waals surface area contributed by atoms with Gasteiger partial charge in [-0.15, -0.1) is 0 Å². The molecule has 4 heteroatoms. The summed E-state index contributed by atoms with van der Waals surface area (Å²) in [5, 5.41) is 12.8. The van der Waals surface area contributed by atoms with Gasteiger partial charge in [0.25, 0.3) is 0 Å². The monoisotopic (exact) mass is 323 g/mol. The van der Waals surface area contributed by atoms with E-state index in [4.69, 9.17) is 0 Å². The Kier molecular flexibility index (Phi) is 4.10. The molecule has 1 atom stereocenters. The van der Waals surface area contributed by atoms with E-state index >= 15 is 0 Å². The third kappa shape index (κ3) is 3.26. The third-order valence-electron chi connectivity index (χ3n) is 3.02. The van der Waals surface area contributed by atoms with Crippen LogP contribution >= 0.6 is 15.9 Å². The van der Waals surface area contributed by atoms with Crippen LogP contribution in [0.4, 0.5) is 10.1 Å². The number of hydrogen-bond donors (Lipinski definition) is 2. The molecule has 1 unspecified atom stereocenters. The first-order valence-corrected chi connectivity index (χ1v) is 6.78. The molecule has 0 aliphatic carbocycles. The van der Waals surface area contributed by atoms with Crippen molar-refractivity contribution in [2.75, 3.05) is 5.32 Å². The zero-order valence-corrected chi connectivity index (χ0v) is 12.3. The number of rotatable bonds is 3. The number of benzene rings is 2. The van der Waals surface area contributed by atoms with Crippen LogP contribution in [-0.2, 0) is 0 Å². The molecule has 0 aromatic heterocycles. The van der Waals surface area contributed by atoms with Gasteiger partial charge in [0.05, 0.1) is 6.04 Å². The SMILES string of the molecule is Cc1ccc(NC(C)c2ccc(Br)cc2F)cc1O. The minimum absolute atomic E-state index is 0.185. The summed E-state index contributed by atoms with van der Waals surface area (Å²) >= 11 is 3.24. The van der Waals surface area contributed by atoms with Crippen LogP contribution in [0.3, 0.4) is 0 Å². The molecule has 2 rings (SSSR count). The summed E-state index contributed by atoms with van der Waals surface area (Å²) in [5.41, 5.74) is 2.16. The molecular formula is C15H15BrFNO. The highest BCUT2D eigenvalue weighted by Crippen LogP contribution is 2.27. The largest absolute Gasteiger partial charge is 0.508 e. The topological polar surface area (TPSA) is 32.3 Å². The van der Waals surface area contributed by atoms with Crippen molar-refractivity contribution in [3.8, 4) is 5.75 Å². The zero-order chi connectivity index (χ0) is 14.0. The highest BCUT2D eigenvalue weighted by atomic mass is 79.9. The summed E-state index contributed by atoms with van der Waals surface area (Å²) in [6, 6.07) is 10.1. The Balaban J connectivity index is 2.20. The van der Waals surface area contributed by atoms with Crippen LogP contribution in [0.2, 0.25) is 0 Å². The maximum Gasteiger partial charge on any atom is 0.129 e. The van der Waals surface area contributed by atoms with Gasteiger partial charge in [-0.05, 0) is 37.6 Å². The molecule has 0 heterocycles. The van der Waals surface area contributed by atoms with Gasteiger partial charge in [-0.25, -0.2) is 4.39 Å². The predicted octanol–water partition coefficient (Wildman–Crippen LogP) is 4.78. The molecule has 0 spiro atoms. The zero-order valence-electron chi connectivity index (χ0n) is 10.7. The van der Waals surface area contributed by atoms with Gasteiger partial charge in [0.1, 0.15) is 11.6 Å². The first-order chi connectivity index (χ1) is 8.97. The van der Waals surface area contributed by atoms with Crippen molar-refractivity contribution in [1.82, 2.24) is 0 Å². The smallest absolute Gasteiger partial charge is 0.129 e. The molecule has 0 saturated carbocycles. The van der Waals surface area contributed by atoms with Crippen molar-refractivity contribution in [2.24, 2.45) is 0 Å². The van der Waals surface area contributed by atoms with E-state index in [2.05, 4.69) is 21.2 Å². The number of phenolic OH excluding ortho intramolecular Hbond substituents is 1. The molecule has 2 N–H and O–H groups in total. The number of anilines is 1. The summed E-state index contributed by atoms with van der Waals surface area (Å²) in [5.74, 6) is -0.0285. The van der Waals surface area contributed by atoms with Crippen molar-refractivity contribution in [3.05, 3.63) is 57.8 Å². The fourth-order valence-electron chi connectivity index (χ4n) is 1.88. The van der Waals surface area contributed by atoms with Crippen molar-refractivity contribution in [3.63, 3.8) is 0 Å². The average molecular weight is 324 g/mol. The molecule has 2 nitrogen and oxygen atoms in total. The Morgan fingerprint density at radius 1 is 1.21 bits per heavy atom. The lowest BCUT2D eigenvalue weighted by atomic mass is 10.1. The highest BCUT2D eigenvalue weighted by Gasteiger charge is 2.11. The second-order valence-electron chi connectivity index (χ2n) is 4.53. The maximum absolute atomic E-state index is 13.8. The van der Waals surface area contributed by atoms with E-state index in [0.717, 1.165) is 11.3 Å². The van der Waals surface area contributed by atoms with Crippen LogP contribution in [0.25, 0.3) is 0 Å². The molecule has 0 radical (unpaired) electrons. The van der Waals surface area contributed by atoms with Crippen LogP contribution < -0.4 is 5.32 Å². The number of aromatic hydroxyl groups is 1. The maximum atomic E-state index is 13.8. The first-order valence-electron chi connectivity index (χ1n) is 5.98. The van der Waals surface area contributed by atoms with Gasteiger partial charge in [0, 0.05) is 21.8 Å². The van der Waals surface area contributed by atoms with Crippen LogP contribution in [0.1, 0.15) is 24.1 Å². The summed E-state index contributed by atoms with van der Waals surface area (Å²) in [7, 11) is 0. The lowest BCUT2D eigenvalue weighted by molar-refractivity contribution is 0.471. The second-order valence-corrected chi connectivity index (χ2v) is 5.45. The van der Waals surface area contributed by atoms with E-state index in [-0.39, 0.29) is 17.6 Å². The van der Waals surface area contributed by atoms with Gasteiger partial charge in [-0.1, -0.05) is 28.1 Å². The molecule has 0 aliphatic rings. The van der Waals surface area contributed by atoms with Gasteiger partial charge in [-0.3, -0.25) is 0 Å². The minimum Gasteiger partial charge on any atom is -0.508 e. The summed E-state index contributed by atoms with van der Waals surface area (Å²) in [6.45, 7) is 3.71. The third-order valence-corrected chi connectivity index (χ3v) is 3.51. The van der Waals surface area contributed by atoms with Crippen molar-refractivity contribution in [1.29, 1.82) is 0 Å². The molecule has 0 fully saturated rings. The van der Waals surface area contributed by atoms with Crippen LogP contribution in [-0.4, -0.2) is 5.11 Å². The quantitative estimate of drug-likeness (QED) is 0.852. The number of nitrogens with one attached hydrogen (secondary N) is 1. The lowest BCUT2D eigenvalue weighted by Crippen LogP contribution is -2.08. The molecule has 100 valence electrons. The standard InChI is InChI=1S/C15H15BrFNO/c1-9-3-5-12(8-15(9)19)18-10(2)13-6-4-11(16)7-14(13)17/h3-8,10,18-19H,1-2H3. The molecule has 2 aromatic rings. The van der Waals surface area contributed by atoms with Gasteiger partial charge < -0.3 is 10.4 Å². The van der Waals surface area contributed by atoms with E-state index in [9.17, 15) is 9.50 Å². The number of hydrogen-bond acceptors (Lipinski definition) is 2. The van der Waals surface area contributed by atoms with Gasteiger partial charge in [0.2, 0.25) is 0 Å². The van der Waals surface area contributed by atoms with E-state index in [1.165, 1.54) is 6.07 Å². The molecule has 0 bridgehead atoms. The summed E-state index contributed by atoms with van der Waals surface area (Å²) in [4.78, 5) is 0. The molecule has 0 aliphatic heterocycles. The van der Waals surface area contributed by atoms with Crippen LogP contribution in [0.5, 0.6) is 5.75 Å². The number of aryl methyl sites for hydroxylation is 1. The Bertz CT molecular complexity index is 601. The normalized spacial score (nSPS) is 12.2. The minimum atomic E-state index is -0.259. The van der Waals surface area contributed by atoms with E-state index in [1.807, 2.05) is 32.0 Å². The van der Waals surface area contributed by atoms with Gasteiger partial charge >= 0.3 is 0 Å². The molecular weight excluding hydrogens is 309 g/mol. The Hall–Kier alpha value is -1.55. The van der Waals surface area contributed by atoms with Crippen LogP contribution in [0, 0.1) is 12.7 Å².